The minimum absolute atomic E-state index is 0.00560. The van der Waals surface area contributed by atoms with Gasteiger partial charge in [0.15, 0.2) is 0 Å². The average Bonchev–Trinajstić information content (AvgIpc) is 2.11. The van der Waals surface area contributed by atoms with Gasteiger partial charge in [-0.3, -0.25) is 9.69 Å². The Morgan fingerprint density at radius 2 is 2.31 bits per heavy atom. The Morgan fingerprint density at radius 1 is 1.54 bits per heavy atom. The molecule has 2 fully saturated rings. The van der Waals surface area contributed by atoms with Crippen LogP contribution in [0.2, 0.25) is 0 Å². The molecule has 5 heteroatoms. The van der Waals surface area contributed by atoms with E-state index < -0.39 is 12.1 Å². The zero-order chi connectivity index (χ0) is 9.42. The highest BCUT2D eigenvalue weighted by Crippen LogP contribution is 2.25. The van der Waals surface area contributed by atoms with Crippen LogP contribution >= 0.6 is 0 Å². The molecule has 2 bridgehead atoms. The molecule has 13 heavy (non-hydrogen) atoms. The maximum Gasteiger partial charge on any atom is 0.408 e. The fraction of sp³-hybridized carbons (Fsp3) is 0.750. The number of hydrogen-bond donors (Lipinski definition) is 2. The van der Waals surface area contributed by atoms with Crippen molar-refractivity contribution in [3.63, 3.8) is 0 Å². The highest BCUT2D eigenvalue weighted by molar-refractivity contribution is 5.86. The SMILES string of the molecule is O=C1NC[C@H]2CCC[C@@H]1N2C(=O)O. The van der Waals surface area contributed by atoms with Gasteiger partial charge in [-0.25, -0.2) is 4.79 Å². The lowest BCUT2D eigenvalue weighted by atomic mass is 9.92. The summed E-state index contributed by atoms with van der Waals surface area (Å²) in [5, 5.41) is 11.6. The molecule has 2 atom stereocenters. The molecular formula is C8H12N2O3. The smallest absolute Gasteiger partial charge is 0.408 e. The largest absolute Gasteiger partial charge is 0.465 e. The normalized spacial score (nSPS) is 32.6. The van der Waals surface area contributed by atoms with Crippen LogP contribution in [0, 0.1) is 0 Å². The summed E-state index contributed by atoms with van der Waals surface area (Å²) in [6.45, 7) is 0.474. The van der Waals surface area contributed by atoms with Crippen molar-refractivity contribution in [3.8, 4) is 0 Å². The van der Waals surface area contributed by atoms with Crippen LogP contribution in [0.4, 0.5) is 4.79 Å². The number of amides is 2. The Hall–Kier alpha value is -1.26. The average molecular weight is 184 g/mol. The van der Waals surface area contributed by atoms with Crippen LogP contribution in [0.15, 0.2) is 0 Å². The Labute approximate surface area is 75.7 Å². The summed E-state index contributed by atoms with van der Waals surface area (Å²) in [5.74, 6) is -0.140. The number of nitrogens with one attached hydrogen (secondary N) is 1. The molecule has 5 nitrogen and oxygen atoms in total. The van der Waals surface area contributed by atoms with Crippen molar-refractivity contribution in [1.29, 1.82) is 0 Å². The van der Waals surface area contributed by atoms with Crippen molar-refractivity contribution in [2.75, 3.05) is 6.54 Å². The quantitative estimate of drug-likeness (QED) is 0.557. The van der Waals surface area contributed by atoms with E-state index in [-0.39, 0.29) is 11.9 Å². The van der Waals surface area contributed by atoms with Crippen LogP contribution in [0.5, 0.6) is 0 Å². The third-order valence-corrected chi connectivity index (χ3v) is 2.78. The molecule has 0 saturated carbocycles. The third-order valence-electron chi connectivity index (χ3n) is 2.78. The monoisotopic (exact) mass is 184 g/mol. The van der Waals surface area contributed by atoms with E-state index in [9.17, 15) is 9.59 Å². The van der Waals surface area contributed by atoms with Crippen molar-refractivity contribution >= 4 is 12.0 Å². The summed E-state index contributed by atoms with van der Waals surface area (Å²) in [6.07, 6.45) is 1.51. The van der Waals surface area contributed by atoms with Gasteiger partial charge in [0.1, 0.15) is 6.04 Å². The molecule has 2 aliphatic heterocycles. The van der Waals surface area contributed by atoms with Crippen LogP contribution in [0.3, 0.4) is 0 Å². The molecular weight excluding hydrogens is 172 g/mol. The van der Waals surface area contributed by atoms with E-state index in [2.05, 4.69) is 5.32 Å². The van der Waals surface area contributed by atoms with Crippen LogP contribution in [0.25, 0.3) is 0 Å². The first kappa shape index (κ1) is 8.34. The molecule has 2 N–H and O–H groups in total. The Morgan fingerprint density at radius 3 is 2.92 bits per heavy atom. The van der Waals surface area contributed by atoms with E-state index in [0.717, 1.165) is 12.8 Å². The van der Waals surface area contributed by atoms with Gasteiger partial charge in [-0.05, 0) is 19.3 Å². The molecule has 2 rings (SSSR count). The van der Waals surface area contributed by atoms with E-state index in [0.29, 0.717) is 13.0 Å². The van der Waals surface area contributed by atoms with Gasteiger partial charge in [0, 0.05) is 6.54 Å². The minimum atomic E-state index is -0.968. The number of carbonyl (C=O) groups is 2. The predicted molar refractivity (Wildman–Crippen MR) is 44.3 cm³/mol. The fourth-order valence-electron chi connectivity index (χ4n) is 2.16. The zero-order valence-electron chi connectivity index (χ0n) is 7.19. The van der Waals surface area contributed by atoms with E-state index in [1.54, 1.807) is 0 Å². The first-order chi connectivity index (χ1) is 6.20. The first-order valence-corrected chi connectivity index (χ1v) is 4.49. The molecule has 72 valence electrons. The third kappa shape index (κ3) is 1.24. The number of piperidine rings is 1. The summed E-state index contributed by atoms with van der Waals surface area (Å²) in [5.41, 5.74) is 0. The molecule has 2 saturated heterocycles. The zero-order valence-corrected chi connectivity index (χ0v) is 7.19. The van der Waals surface area contributed by atoms with Crippen LogP contribution in [-0.2, 0) is 4.79 Å². The number of rotatable bonds is 0. The molecule has 2 heterocycles. The number of nitrogens with zero attached hydrogens (tertiary/aromatic N) is 1. The highest BCUT2D eigenvalue weighted by Gasteiger charge is 2.41. The molecule has 0 unspecified atom stereocenters. The summed E-state index contributed by atoms with van der Waals surface area (Å²) < 4.78 is 0. The Kier molecular flexibility index (Phi) is 1.86. The maximum absolute atomic E-state index is 11.3. The van der Waals surface area contributed by atoms with E-state index in [1.165, 1.54) is 4.90 Å². The topological polar surface area (TPSA) is 69.6 Å². The first-order valence-electron chi connectivity index (χ1n) is 4.49. The van der Waals surface area contributed by atoms with Gasteiger partial charge in [0.2, 0.25) is 5.91 Å². The second-order valence-corrected chi connectivity index (χ2v) is 3.54. The van der Waals surface area contributed by atoms with Gasteiger partial charge >= 0.3 is 6.09 Å². The standard InChI is InChI=1S/C8H12N2O3/c11-7-6-3-1-2-5(4-9-7)10(6)8(12)13/h5-6H,1-4H2,(H,9,11)(H,12,13)/t5-,6+/m1/s1. The number of fused-ring (bicyclic) bond motifs is 2. The summed E-state index contributed by atoms with van der Waals surface area (Å²) >= 11 is 0. The van der Waals surface area contributed by atoms with Crippen LogP contribution in [0.1, 0.15) is 19.3 Å². The molecule has 2 aliphatic rings. The van der Waals surface area contributed by atoms with Gasteiger partial charge in [0.05, 0.1) is 6.04 Å². The number of carboxylic acid groups (broad SMARTS) is 1. The number of piperazine rings is 1. The molecule has 0 aromatic heterocycles. The maximum atomic E-state index is 11.3. The minimum Gasteiger partial charge on any atom is -0.465 e. The molecule has 0 aromatic carbocycles. The van der Waals surface area contributed by atoms with E-state index >= 15 is 0 Å². The number of hydrogen-bond acceptors (Lipinski definition) is 2. The van der Waals surface area contributed by atoms with Gasteiger partial charge in [-0.15, -0.1) is 0 Å². The van der Waals surface area contributed by atoms with Crippen molar-refractivity contribution in [2.24, 2.45) is 0 Å². The van der Waals surface area contributed by atoms with Crippen molar-refractivity contribution in [1.82, 2.24) is 10.2 Å². The van der Waals surface area contributed by atoms with Crippen LogP contribution in [-0.4, -0.2) is 40.6 Å². The summed E-state index contributed by atoms with van der Waals surface area (Å²) in [7, 11) is 0. The summed E-state index contributed by atoms with van der Waals surface area (Å²) in [6, 6.07) is -0.445. The van der Waals surface area contributed by atoms with Crippen molar-refractivity contribution in [3.05, 3.63) is 0 Å². The van der Waals surface area contributed by atoms with Crippen LogP contribution < -0.4 is 5.32 Å². The molecule has 0 radical (unpaired) electrons. The molecule has 0 aliphatic carbocycles. The van der Waals surface area contributed by atoms with Crippen molar-refractivity contribution in [2.45, 2.75) is 31.3 Å². The van der Waals surface area contributed by atoms with Gasteiger partial charge < -0.3 is 10.4 Å². The second-order valence-electron chi connectivity index (χ2n) is 3.54. The number of carbonyl (C=O) groups excluding carboxylic acids is 1. The lowest BCUT2D eigenvalue weighted by Crippen LogP contribution is -2.63. The lowest BCUT2D eigenvalue weighted by molar-refractivity contribution is -0.131. The highest BCUT2D eigenvalue weighted by atomic mass is 16.4. The molecule has 0 aromatic rings. The molecule has 2 amide bonds. The van der Waals surface area contributed by atoms with Gasteiger partial charge in [-0.1, -0.05) is 0 Å². The fourth-order valence-corrected chi connectivity index (χ4v) is 2.16. The second kappa shape index (κ2) is 2.90. The van der Waals surface area contributed by atoms with Crippen molar-refractivity contribution < 1.29 is 14.7 Å². The van der Waals surface area contributed by atoms with E-state index in [4.69, 9.17) is 5.11 Å². The molecule has 0 spiro atoms. The Balaban J connectivity index is 2.23. The van der Waals surface area contributed by atoms with Gasteiger partial charge in [0.25, 0.3) is 0 Å². The Bertz CT molecular complexity index is 254. The van der Waals surface area contributed by atoms with E-state index in [1.807, 2.05) is 0 Å². The summed E-state index contributed by atoms with van der Waals surface area (Å²) in [4.78, 5) is 23.5. The lowest BCUT2D eigenvalue weighted by Gasteiger charge is -2.43. The van der Waals surface area contributed by atoms with Gasteiger partial charge in [-0.2, -0.15) is 0 Å². The predicted octanol–water partition coefficient (Wildman–Crippen LogP) is 0.0173.